The van der Waals surface area contributed by atoms with Crippen LogP contribution in [-0.4, -0.2) is 45.3 Å². The van der Waals surface area contributed by atoms with Gasteiger partial charge in [0.1, 0.15) is 0 Å². The van der Waals surface area contributed by atoms with Crippen molar-refractivity contribution in [2.75, 3.05) is 25.5 Å². The highest BCUT2D eigenvalue weighted by atomic mass is 15.3. The molecule has 0 N–H and O–H groups in total. The second kappa shape index (κ2) is 7.72. The molecule has 146 valence electrons. The van der Waals surface area contributed by atoms with Gasteiger partial charge in [0.2, 0.25) is 5.95 Å². The van der Waals surface area contributed by atoms with Crippen LogP contribution in [0.5, 0.6) is 0 Å². The zero-order chi connectivity index (χ0) is 19.7. The summed E-state index contributed by atoms with van der Waals surface area (Å²) < 4.78 is 1.95. The van der Waals surface area contributed by atoms with Crippen LogP contribution in [0.3, 0.4) is 0 Å². The quantitative estimate of drug-likeness (QED) is 0.681. The standard InChI is InChI=1S/C22H28N6/c1-16-18(13-24-27(16)4)15-28-12-8-11-20(28)21-19(17-9-6-5-7-10-17)14-23-22(25-21)26(2)3/h5-7,9-10,13-14,20H,8,11-12,15H2,1-4H3. The van der Waals surface area contributed by atoms with E-state index in [4.69, 9.17) is 4.98 Å². The van der Waals surface area contributed by atoms with Crippen LogP contribution in [0.25, 0.3) is 11.1 Å². The van der Waals surface area contributed by atoms with Crippen LogP contribution < -0.4 is 4.90 Å². The summed E-state index contributed by atoms with van der Waals surface area (Å²) in [4.78, 5) is 14.1. The number of aryl methyl sites for hydroxylation is 1. The summed E-state index contributed by atoms with van der Waals surface area (Å²) in [7, 11) is 5.99. The number of rotatable bonds is 5. The summed E-state index contributed by atoms with van der Waals surface area (Å²) in [5.74, 6) is 0.763. The highest BCUT2D eigenvalue weighted by Crippen LogP contribution is 2.38. The third-order valence-electron chi connectivity index (χ3n) is 5.68. The number of aromatic nitrogens is 4. The van der Waals surface area contributed by atoms with Gasteiger partial charge in [-0.15, -0.1) is 0 Å². The molecule has 0 amide bonds. The molecule has 3 aromatic rings. The number of benzene rings is 1. The van der Waals surface area contributed by atoms with E-state index in [1.54, 1.807) is 0 Å². The molecule has 1 aliphatic rings. The Morgan fingerprint density at radius 1 is 1.14 bits per heavy atom. The van der Waals surface area contributed by atoms with Crippen LogP contribution in [0.1, 0.15) is 35.8 Å². The largest absolute Gasteiger partial charge is 0.347 e. The molecule has 1 fully saturated rings. The second-order valence-corrected chi connectivity index (χ2v) is 7.74. The van der Waals surface area contributed by atoms with Crippen molar-refractivity contribution in [3.8, 4) is 11.1 Å². The monoisotopic (exact) mass is 376 g/mol. The highest BCUT2D eigenvalue weighted by molar-refractivity contribution is 5.66. The summed E-state index contributed by atoms with van der Waals surface area (Å²) in [6.07, 6.45) is 6.27. The van der Waals surface area contributed by atoms with Crippen molar-refractivity contribution >= 4 is 5.95 Å². The minimum absolute atomic E-state index is 0.288. The number of hydrogen-bond acceptors (Lipinski definition) is 5. The molecule has 1 aromatic carbocycles. The van der Waals surface area contributed by atoms with Gasteiger partial charge in [-0.1, -0.05) is 30.3 Å². The molecule has 0 radical (unpaired) electrons. The van der Waals surface area contributed by atoms with Gasteiger partial charge in [0.05, 0.1) is 17.9 Å². The van der Waals surface area contributed by atoms with Gasteiger partial charge < -0.3 is 4.90 Å². The Labute approximate surface area is 166 Å². The molecule has 2 aromatic heterocycles. The van der Waals surface area contributed by atoms with Gasteiger partial charge in [0.25, 0.3) is 0 Å². The van der Waals surface area contributed by atoms with Crippen LogP contribution in [0.15, 0.2) is 42.7 Å². The smallest absolute Gasteiger partial charge is 0.225 e. The molecule has 0 aliphatic carbocycles. The summed E-state index contributed by atoms with van der Waals surface area (Å²) in [6, 6.07) is 10.8. The Bertz CT molecular complexity index is 947. The fourth-order valence-electron chi connectivity index (χ4n) is 3.94. The van der Waals surface area contributed by atoms with Gasteiger partial charge in [-0.05, 0) is 31.9 Å². The molecular weight excluding hydrogens is 348 g/mol. The fourth-order valence-corrected chi connectivity index (χ4v) is 3.94. The van der Waals surface area contributed by atoms with Crippen molar-refractivity contribution in [1.82, 2.24) is 24.6 Å². The predicted octanol–water partition coefficient (Wildman–Crippen LogP) is 3.59. The SMILES string of the molecule is Cc1c(CN2CCCC2c2nc(N(C)C)ncc2-c2ccccc2)cnn1C. The van der Waals surface area contributed by atoms with Crippen molar-refractivity contribution in [2.45, 2.75) is 32.4 Å². The third kappa shape index (κ3) is 3.52. The van der Waals surface area contributed by atoms with E-state index in [0.717, 1.165) is 36.7 Å². The highest BCUT2D eigenvalue weighted by Gasteiger charge is 2.30. The summed E-state index contributed by atoms with van der Waals surface area (Å²) in [5, 5.41) is 4.42. The van der Waals surface area contributed by atoms with Gasteiger partial charge in [0.15, 0.2) is 0 Å². The Balaban J connectivity index is 1.73. The summed E-state index contributed by atoms with van der Waals surface area (Å²) >= 11 is 0. The summed E-state index contributed by atoms with van der Waals surface area (Å²) in [6.45, 7) is 4.12. The molecule has 6 heteroatoms. The maximum Gasteiger partial charge on any atom is 0.225 e. The first kappa shape index (κ1) is 18.6. The molecule has 3 heterocycles. The molecule has 1 unspecified atom stereocenters. The molecule has 4 rings (SSSR count). The number of likely N-dealkylation sites (tertiary alicyclic amines) is 1. The van der Waals surface area contributed by atoms with E-state index < -0.39 is 0 Å². The molecule has 1 saturated heterocycles. The Kier molecular flexibility index (Phi) is 5.13. The lowest BCUT2D eigenvalue weighted by molar-refractivity contribution is 0.244. The normalized spacial score (nSPS) is 17.2. The van der Waals surface area contributed by atoms with Crippen molar-refractivity contribution in [2.24, 2.45) is 7.05 Å². The lowest BCUT2D eigenvalue weighted by Crippen LogP contribution is -2.25. The maximum atomic E-state index is 5.00. The van der Waals surface area contributed by atoms with E-state index in [-0.39, 0.29) is 6.04 Å². The van der Waals surface area contributed by atoms with Crippen LogP contribution in [0.4, 0.5) is 5.95 Å². The molecule has 1 atom stereocenters. The van der Waals surface area contributed by atoms with Crippen LogP contribution in [0, 0.1) is 6.92 Å². The van der Waals surface area contributed by atoms with Crippen molar-refractivity contribution < 1.29 is 0 Å². The minimum Gasteiger partial charge on any atom is -0.347 e. The molecule has 0 saturated carbocycles. The Morgan fingerprint density at radius 3 is 2.61 bits per heavy atom. The molecule has 6 nitrogen and oxygen atoms in total. The average molecular weight is 377 g/mol. The zero-order valence-electron chi connectivity index (χ0n) is 17.1. The van der Waals surface area contributed by atoms with E-state index in [2.05, 4.69) is 46.2 Å². The second-order valence-electron chi connectivity index (χ2n) is 7.74. The van der Waals surface area contributed by atoms with E-state index in [0.29, 0.717) is 0 Å². The van der Waals surface area contributed by atoms with E-state index >= 15 is 0 Å². The first-order valence-corrected chi connectivity index (χ1v) is 9.86. The van der Waals surface area contributed by atoms with Crippen molar-refractivity contribution in [3.63, 3.8) is 0 Å². The van der Waals surface area contributed by atoms with Gasteiger partial charge in [0, 0.05) is 50.7 Å². The van der Waals surface area contributed by atoms with Gasteiger partial charge in [-0.25, -0.2) is 9.97 Å². The van der Waals surface area contributed by atoms with Gasteiger partial charge in [-0.2, -0.15) is 5.10 Å². The number of anilines is 1. The lowest BCUT2D eigenvalue weighted by atomic mass is 9.99. The molecule has 0 bridgehead atoms. The predicted molar refractivity (Wildman–Crippen MR) is 112 cm³/mol. The zero-order valence-corrected chi connectivity index (χ0v) is 17.1. The third-order valence-corrected chi connectivity index (χ3v) is 5.68. The van der Waals surface area contributed by atoms with Crippen LogP contribution in [0.2, 0.25) is 0 Å². The topological polar surface area (TPSA) is 50.1 Å². The summed E-state index contributed by atoms with van der Waals surface area (Å²) in [5.41, 5.74) is 5.95. The number of hydrogen-bond donors (Lipinski definition) is 0. The maximum absolute atomic E-state index is 5.00. The van der Waals surface area contributed by atoms with Crippen molar-refractivity contribution in [1.29, 1.82) is 0 Å². The van der Waals surface area contributed by atoms with Crippen molar-refractivity contribution in [3.05, 3.63) is 59.7 Å². The van der Waals surface area contributed by atoms with Crippen LogP contribution in [-0.2, 0) is 13.6 Å². The minimum atomic E-state index is 0.288. The number of nitrogens with zero attached hydrogens (tertiary/aromatic N) is 6. The Hall–Kier alpha value is -2.73. The molecular formula is C22H28N6. The fraction of sp³-hybridized carbons (Fsp3) is 0.409. The van der Waals surface area contributed by atoms with Gasteiger partial charge in [-0.3, -0.25) is 9.58 Å². The van der Waals surface area contributed by atoms with E-state index in [9.17, 15) is 0 Å². The van der Waals surface area contributed by atoms with Gasteiger partial charge >= 0.3 is 0 Å². The molecule has 0 spiro atoms. The Morgan fingerprint density at radius 2 is 1.93 bits per heavy atom. The molecule has 1 aliphatic heterocycles. The first-order chi connectivity index (χ1) is 13.5. The lowest BCUT2D eigenvalue weighted by Gasteiger charge is -2.26. The van der Waals surface area contributed by atoms with E-state index in [1.165, 1.54) is 23.2 Å². The molecule has 28 heavy (non-hydrogen) atoms. The van der Waals surface area contributed by atoms with Crippen LogP contribution >= 0.6 is 0 Å². The van der Waals surface area contributed by atoms with E-state index in [1.807, 2.05) is 49.2 Å². The average Bonchev–Trinajstić information content (AvgIpc) is 3.30. The first-order valence-electron chi connectivity index (χ1n) is 9.86.